The van der Waals surface area contributed by atoms with E-state index in [1.165, 1.54) is 0 Å². The van der Waals surface area contributed by atoms with Crippen LogP contribution in [0.3, 0.4) is 0 Å². The van der Waals surface area contributed by atoms with E-state index in [0.29, 0.717) is 22.8 Å². The summed E-state index contributed by atoms with van der Waals surface area (Å²) in [6.07, 6.45) is 3.21. The summed E-state index contributed by atoms with van der Waals surface area (Å²) >= 11 is 6.05. The van der Waals surface area contributed by atoms with Gasteiger partial charge in [-0.3, -0.25) is 4.98 Å². The average molecular weight is 274 g/mol. The van der Waals surface area contributed by atoms with Crippen molar-refractivity contribution < 1.29 is 9.52 Å². The normalized spacial score (nSPS) is 12.7. The van der Waals surface area contributed by atoms with E-state index in [1.807, 2.05) is 30.3 Å². The zero-order valence-electron chi connectivity index (χ0n) is 10.1. The topological polar surface area (TPSA) is 46.3 Å². The first-order valence-electron chi connectivity index (χ1n) is 5.99. The van der Waals surface area contributed by atoms with Crippen LogP contribution in [0.4, 0.5) is 0 Å². The molecule has 2 heterocycles. The van der Waals surface area contributed by atoms with Gasteiger partial charge in [-0.2, -0.15) is 0 Å². The molecule has 0 bridgehead atoms. The number of benzene rings is 1. The van der Waals surface area contributed by atoms with Crippen LogP contribution in [0, 0.1) is 0 Å². The molecule has 3 rings (SSSR count). The maximum absolute atomic E-state index is 10.2. The molecule has 0 aliphatic carbocycles. The van der Waals surface area contributed by atoms with Crippen LogP contribution in [0.5, 0.6) is 0 Å². The van der Waals surface area contributed by atoms with Gasteiger partial charge >= 0.3 is 0 Å². The number of aliphatic hydroxyl groups is 1. The number of aromatic nitrogens is 1. The second-order valence-electron chi connectivity index (χ2n) is 4.38. The summed E-state index contributed by atoms with van der Waals surface area (Å²) in [6.45, 7) is 0. The molecule has 19 heavy (non-hydrogen) atoms. The molecule has 1 N–H and O–H groups in total. The lowest BCUT2D eigenvalue weighted by atomic mass is 10.1. The number of halogens is 1. The predicted octanol–water partition coefficient (Wildman–Crippen LogP) is 3.76. The van der Waals surface area contributed by atoms with Gasteiger partial charge in [-0.25, -0.2) is 0 Å². The largest absolute Gasteiger partial charge is 0.457 e. The van der Waals surface area contributed by atoms with Crippen LogP contribution in [-0.2, 0) is 6.42 Å². The average Bonchev–Trinajstić information content (AvgIpc) is 2.85. The van der Waals surface area contributed by atoms with Crippen molar-refractivity contribution in [2.24, 2.45) is 0 Å². The quantitative estimate of drug-likeness (QED) is 0.790. The number of pyridine rings is 1. The second-order valence-corrected chi connectivity index (χ2v) is 4.79. The number of hydrogen-bond donors (Lipinski definition) is 1. The Balaban J connectivity index is 1.89. The van der Waals surface area contributed by atoms with Gasteiger partial charge in [0.05, 0.1) is 5.02 Å². The Kier molecular flexibility index (Phi) is 3.23. The molecule has 0 fully saturated rings. The molecular formula is C15H12ClNO2. The van der Waals surface area contributed by atoms with Crippen LogP contribution in [-0.4, -0.2) is 10.1 Å². The Labute approximate surface area is 115 Å². The van der Waals surface area contributed by atoms with Crippen molar-refractivity contribution in [2.75, 3.05) is 0 Å². The van der Waals surface area contributed by atoms with Crippen LogP contribution in [0.2, 0.25) is 5.02 Å². The third-order valence-electron chi connectivity index (χ3n) is 3.02. The number of para-hydroxylation sites is 1. The van der Waals surface area contributed by atoms with Crippen LogP contribution >= 0.6 is 11.6 Å². The lowest BCUT2D eigenvalue weighted by Gasteiger charge is -2.06. The fourth-order valence-corrected chi connectivity index (χ4v) is 2.27. The summed E-state index contributed by atoms with van der Waals surface area (Å²) in [5.74, 6) is 0.528. The highest BCUT2D eigenvalue weighted by Gasteiger charge is 2.15. The second kappa shape index (κ2) is 5.03. The highest BCUT2D eigenvalue weighted by Crippen LogP contribution is 2.30. The number of nitrogens with zero attached hydrogens (tertiary/aromatic N) is 1. The highest BCUT2D eigenvalue weighted by atomic mass is 35.5. The van der Waals surface area contributed by atoms with E-state index >= 15 is 0 Å². The first-order valence-corrected chi connectivity index (χ1v) is 6.37. The summed E-state index contributed by atoms with van der Waals surface area (Å²) in [5, 5.41) is 11.7. The molecule has 1 atom stereocenters. The molecule has 4 heteroatoms. The minimum atomic E-state index is -0.689. The summed E-state index contributed by atoms with van der Waals surface area (Å²) in [7, 11) is 0. The molecular weight excluding hydrogens is 262 g/mol. The molecule has 2 aromatic heterocycles. The van der Waals surface area contributed by atoms with E-state index in [0.717, 1.165) is 10.9 Å². The van der Waals surface area contributed by atoms with Gasteiger partial charge in [0.15, 0.2) is 5.58 Å². The fraction of sp³-hybridized carbons (Fsp3) is 0.133. The standard InChI is InChI=1S/C15H12ClNO2/c16-12-3-1-2-11-9-14(19-15(11)12)13(18)8-10-4-6-17-7-5-10/h1-7,9,13,18H,8H2. The predicted molar refractivity (Wildman–Crippen MR) is 74.1 cm³/mol. The van der Waals surface area contributed by atoms with Gasteiger partial charge in [0.2, 0.25) is 0 Å². The molecule has 0 saturated carbocycles. The molecule has 3 nitrogen and oxygen atoms in total. The molecule has 0 radical (unpaired) electrons. The molecule has 3 aromatic rings. The molecule has 0 amide bonds. The maximum Gasteiger partial charge on any atom is 0.152 e. The van der Waals surface area contributed by atoms with E-state index in [9.17, 15) is 5.11 Å². The van der Waals surface area contributed by atoms with E-state index in [1.54, 1.807) is 18.5 Å². The van der Waals surface area contributed by atoms with Crippen LogP contribution in [0.25, 0.3) is 11.0 Å². The van der Waals surface area contributed by atoms with E-state index in [-0.39, 0.29) is 0 Å². The van der Waals surface area contributed by atoms with Gasteiger partial charge in [-0.15, -0.1) is 0 Å². The smallest absolute Gasteiger partial charge is 0.152 e. The number of hydrogen-bond acceptors (Lipinski definition) is 3. The first kappa shape index (κ1) is 12.2. The lowest BCUT2D eigenvalue weighted by molar-refractivity contribution is 0.152. The van der Waals surface area contributed by atoms with Crippen molar-refractivity contribution in [3.63, 3.8) is 0 Å². The molecule has 96 valence electrons. The molecule has 0 aliphatic rings. The van der Waals surface area contributed by atoms with Crippen molar-refractivity contribution >= 4 is 22.6 Å². The van der Waals surface area contributed by atoms with Crippen molar-refractivity contribution in [1.82, 2.24) is 4.98 Å². The van der Waals surface area contributed by atoms with Crippen molar-refractivity contribution in [1.29, 1.82) is 0 Å². The minimum absolute atomic E-state index is 0.486. The van der Waals surface area contributed by atoms with E-state index in [4.69, 9.17) is 16.0 Å². The number of aliphatic hydroxyl groups excluding tert-OH is 1. The van der Waals surface area contributed by atoms with Gasteiger partial charge in [-0.05, 0) is 29.8 Å². The van der Waals surface area contributed by atoms with Gasteiger partial charge in [0.1, 0.15) is 11.9 Å². The van der Waals surface area contributed by atoms with Gasteiger partial charge in [0, 0.05) is 24.2 Å². The summed E-state index contributed by atoms with van der Waals surface area (Å²) < 4.78 is 5.64. The Bertz CT molecular complexity index is 694. The molecule has 1 aromatic carbocycles. The molecule has 0 aliphatic heterocycles. The number of rotatable bonds is 3. The zero-order chi connectivity index (χ0) is 13.2. The summed E-state index contributed by atoms with van der Waals surface area (Å²) in [6, 6.07) is 11.1. The number of furan rings is 1. The summed E-state index contributed by atoms with van der Waals surface area (Å²) in [5.41, 5.74) is 1.63. The van der Waals surface area contributed by atoms with Crippen LogP contribution in [0.1, 0.15) is 17.4 Å². The minimum Gasteiger partial charge on any atom is -0.457 e. The van der Waals surface area contributed by atoms with Gasteiger partial charge in [0.25, 0.3) is 0 Å². The van der Waals surface area contributed by atoms with Gasteiger partial charge < -0.3 is 9.52 Å². The summed E-state index contributed by atoms with van der Waals surface area (Å²) in [4.78, 5) is 3.95. The first-order chi connectivity index (χ1) is 9.24. The van der Waals surface area contributed by atoms with E-state index in [2.05, 4.69) is 4.98 Å². The van der Waals surface area contributed by atoms with Crippen molar-refractivity contribution in [2.45, 2.75) is 12.5 Å². The maximum atomic E-state index is 10.2. The third-order valence-corrected chi connectivity index (χ3v) is 3.32. The lowest BCUT2D eigenvalue weighted by Crippen LogP contribution is -2.00. The van der Waals surface area contributed by atoms with Crippen molar-refractivity contribution in [3.05, 3.63) is 65.1 Å². The van der Waals surface area contributed by atoms with Crippen LogP contribution < -0.4 is 0 Å². The zero-order valence-corrected chi connectivity index (χ0v) is 10.8. The van der Waals surface area contributed by atoms with Gasteiger partial charge in [-0.1, -0.05) is 23.7 Å². The monoisotopic (exact) mass is 273 g/mol. The van der Waals surface area contributed by atoms with Crippen molar-refractivity contribution in [3.8, 4) is 0 Å². The van der Waals surface area contributed by atoms with Crippen LogP contribution in [0.15, 0.2) is 53.2 Å². The van der Waals surface area contributed by atoms with E-state index < -0.39 is 6.10 Å². The SMILES string of the molecule is OC(Cc1ccncc1)c1cc2cccc(Cl)c2o1. The molecule has 0 spiro atoms. The Morgan fingerprint density at radius 1 is 1.21 bits per heavy atom. The Morgan fingerprint density at radius 3 is 2.74 bits per heavy atom. The fourth-order valence-electron chi connectivity index (χ4n) is 2.05. The number of fused-ring (bicyclic) bond motifs is 1. The third kappa shape index (κ3) is 2.48. The Hall–Kier alpha value is -1.84. The molecule has 0 saturated heterocycles. The molecule has 1 unspecified atom stereocenters. The highest BCUT2D eigenvalue weighted by molar-refractivity contribution is 6.34. The Morgan fingerprint density at radius 2 is 2.00 bits per heavy atom.